The summed E-state index contributed by atoms with van der Waals surface area (Å²) in [6.07, 6.45) is 1.23. The normalized spacial score (nSPS) is 10.3. The first kappa shape index (κ1) is 13.8. The lowest BCUT2D eigenvalue weighted by molar-refractivity contribution is 0.0378. The fourth-order valence-electron chi connectivity index (χ4n) is 1.58. The number of carbonyl (C=O) groups excluding carboxylic acids is 1. The summed E-state index contributed by atoms with van der Waals surface area (Å²) in [7, 11) is 0. The van der Waals surface area contributed by atoms with E-state index < -0.39 is 5.97 Å². The fraction of sp³-hybridized carbons (Fsp3) is 0.214. The first-order valence-corrected chi connectivity index (χ1v) is 6.18. The predicted octanol–water partition coefficient (Wildman–Crippen LogP) is 2.08. The molecule has 1 aromatic heterocycles. The average Bonchev–Trinajstić information content (AvgIpc) is 2.38. The van der Waals surface area contributed by atoms with Gasteiger partial charge in [-0.2, -0.15) is 0 Å². The van der Waals surface area contributed by atoms with Gasteiger partial charge in [-0.15, -0.1) is 0 Å². The molecule has 1 aromatic carbocycles. The van der Waals surface area contributed by atoms with Crippen molar-refractivity contribution in [1.82, 2.24) is 9.97 Å². The molecule has 0 bridgehead atoms. The van der Waals surface area contributed by atoms with Crippen LogP contribution < -0.4 is 10.9 Å². The van der Waals surface area contributed by atoms with Gasteiger partial charge in [-0.3, -0.25) is 9.78 Å². The topological polar surface area (TPSA) is 84.1 Å². The van der Waals surface area contributed by atoms with Gasteiger partial charge in [0.05, 0.1) is 11.7 Å². The third kappa shape index (κ3) is 3.68. The highest BCUT2D eigenvalue weighted by atomic mass is 16.5. The number of nitrogens with one attached hydrogen (secondary N) is 2. The van der Waals surface area contributed by atoms with Crippen LogP contribution in [0.15, 0.2) is 41.3 Å². The number of benzene rings is 1. The minimum Gasteiger partial charge on any atom is -0.459 e. The summed E-state index contributed by atoms with van der Waals surface area (Å²) in [4.78, 5) is 29.5. The summed E-state index contributed by atoms with van der Waals surface area (Å²) in [5.74, 6) is -0.0787. The summed E-state index contributed by atoms with van der Waals surface area (Å²) in [6, 6.07) is 8.11. The number of esters is 1. The molecule has 1 heterocycles. The Morgan fingerprint density at radius 1 is 1.35 bits per heavy atom. The van der Waals surface area contributed by atoms with Crippen LogP contribution in [0.25, 0.3) is 0 Å². The molecule has 0 amide bonds. The first-order valence-electron chi connectivity index (χ1n) is 6.18. The Hall–Kier alpha value is -2.63. The molecule has 6 nitrogen and oxygen atoms in total. The lowest BCUT2D eigenvalue weighted by atomic mass is 10.2. The highest BCUT2D eigenvalue weighted by Gasteiger charge is 2.09. The molecule has 0 aliphatic rings. The van der Waals surface area contributed by atoms with Gasteiger partial charge < -0.3 is 10.1 Å². The van der Waals surface area contributed by atoms with E-state index >= 15 is 0 Å². The molecule has 0 aliphatic heterocycles. The summed E-state index contributed by atoms with van der Waals surface area (Å²) in [6.45, 7) is 3.58. The van der Waals surface area contributed by atoms with Gasteiger partial charge in [0.25, 0.3) is 5.56 Å². The molecule has 0 saturated heterocycles. The monoisotopic (exact) mass is 273 g/mol. The number of aromatic amines is 1. The zero-order valence-electron chi connectivity index (χ0n) is 11.2. The summed E-state index contributed by atoms with van der Waals surface area (Å²) < 4.78 is 5.12. The lowest BCUT2D eigenvalue weighted by Crippen LogP contribution is -2.12. The lowest BCUT2D eigenvalue weighted by Gasteiger charge is -2.09. The Kier molecular flexibility index (Phi) is 4.14. The van der Waals surface area contributed by atoms with E-state index in [0.29, 0.717) is 17.2 Å². The molecule has 0 saturated carbocycles. The first-order chi connectivity index (χ1) is 9.54. The van der Waals surface area contributed by atoms with Gasteiger partial charge in [0.15, 0.2) is 0 Å². The smallest absolute Gasteiger partial charge is 0.338 e. The van der Waals surface area contributed by atoms with Gasteiger partial charge in [0.2, 0.25) is 5.95 Å². The molecule has 0 aliphatic carbocycles. The highest BCUT2D eigenvalue weighted by Crippen LogP contribution is 2.15. The van der Waals surface area contributed by atoms with Crippen LogP contribution in [0.4, 0.5) is 11.6 Å². The van der Waals surface area contributed by atoms with Gasteiger partial charge in [0, 0.05) is 18.0 Å². The van der Waals surface area contributed by atoms with E-state index in [-0.39, 0.29) is 11.7 Å². The highest BCUT2D eigenvalue weighted by molar-refractivity contribution is 5.90. The second-order valence-electron chi connectivity index (χ2n) is 4.44. The second-order valence-corrected chi connectivity index (χ2v) is 4.44. The summed E-state index contributed by atoms with van der Waals surface area (Å²) in [5.41, 5.74) is 0.817. The number of hydrogen-bond acceptors (Lipinski definition) is 5. The number of rotatable bonds is 4. The van der Waals surface area contributed by atoms with E-state index in [9.17, 15) is 9.59 Å². The maximum Gasteiger partial charge on any atom is 0.338 e. The third-order valence-electron chi connectivity index (χ3n) is 2.37. The molecule has 0 spiro atoms. The molecule has 6 heteroatoms. The van der Waals surface area contributed by atoms with Crippen LogP contribution in [0.1, 0.15) is 24.2 Å². The van der Waals surface area contributed by atoms with Gasteiger partial charge >= 0.3 is 5.97 Å². The average molecular weight is 273 g/mol. The van der Waals surface area contributed by atoms with Crippen molar-refractivity contribution in [3.8, 4) is 0 Å². The molecule has 104 valence electrons. The van der Waals surface area contributed by atoms with Crippen molar-refractivity contribution >= 4 is 17.6 Å². The molecular formula is C14H15N3O3. The van der Waals surface area contributed by atoms with Crippen molar-refractivity contribution in [3.05, 3.63) is 52.4 Å². The molecule has 0 fully saturated rings. The van der Waals surface area contributed by atoms with E-state index in [1.165, 1.54) is 12.3 Å². The number of carbonyl (C=O) groups is 1. The fourth-order valence-corrected chi connectivity index (χ4v) is 1.58. The van der Waals surface area contributed by atoms with Crippen molar-refractivity contribution in [2.45, 2.75) is 20.0 Å². The van der Waals surface area contributed by atoms with Crippen LogP contribution in [-0.2, 0) is 4.74 Å². The zero-order chi connectivity index (χ0) is 14.5. The van der Waals surface area contributed by atoms with Crippen LogP contribution in [0.3, 0.4) is 0 Å². The summed E-state index contributed by atoms with van der Waals surface area (Å²) in [5, 5.41) is 2.92. The number of nitrogens with zero attached hydrogens (tertiary/aromatic N) is 1. The van der Waals surface area contributed by atoms with Crippen molar-refractivity contribution in [2.75, 3.05) is 5.32 Å². The van der Waals surface area contributed by atoms with Crippen molar-refractivity contribution in [3.63, 3.8) is 0 Å². The van der Waals surface area contributed by atoms with Gasteiger partial charge in [0.1, 0.15) is 0 Å². The zero-order valence-corrected chi connectivity index (χ0v) is 11.2. The van der Waals surface area contributed by atoms with Gasteiger partial charge in [-0.05, 0) is 32.0 Å². The SMILES string of the molecule is CC(C)OC(=O)c1cccc(Nc2nccc(=O)[nH]2)c1. The summed E-state index contributed by atoms with van der Waals surface area (Å²) >= 11 is 0. The molecular weight excluding hydrogens is 258 g/mol. The van der Waals surface area contributed by atoms with E-state index in [4.69, 9.17) is 4.74 Å². The van der Waals surface area contributed by atoms with Crippen molar-refractivity contribution < 1.29 is 9.53 Å². The molecule has 2 N–H and O–H groups in total. The molecule has 0 radical (unpaired) electrons. The Bertz CT molecular complexity index is 664. The molecule has 2 aromatic rings. The Morgan fingerprint density at radius 3 is 2.85 bits per heavy atom. The van der Waals surface area contributed by atoms with Crippen molar-refractivity contribution in [2.24, 2.45) is 0 Å². The van der Waals surface area contributed by atoms with E-state index in [1.54, 1.807) is 38.1 Å². The van der Waals surface area contributed by atoms with Crippen LogP contribution in [0.2, 0.25) is 0 Å². The number of hydrogen-bond donors (Lipinski definition) is 2. The Morgan fingerprint density at radius 2 is 2.15 bits per heavy atom. The van der Waals surface area contributed by atoms with Gasteiger partial charge in [-0.1, -0.05) is 6.07 Å². The quantitative estimate of drug-likeness (QED) is 0.833. The Labute approximate surface area is 115 Å². The second kappa shape index (κ2) is 6.01. The molecule has 0 unspecified atom stereocenters. The van der Waals surface area contributed by atoms with Gasteiger partial charge in [-0.25, -0.2) is 9.78 Å². The van der Waals surface area contributed by atoms with Crippen LogP contribution in [-0.4, -0.2) is 22.0 Å². The largest absolute Gasteiger partial charge is 0.459 e. The number of aromatic nitrogens is 2. The van der Waals surface area contributed by atoms with Crippen LogP contribution >= 0.6 is 0 Å². The molecule has 20 heavy (non-hydrogen) atoms. The van der Waals surface area contributed by atoms with E-state index in [2.05, 4.69) is 15.3 Å². The molecule has 0 atom stereocenters. The molecule has 2 rings (SSSR count). The number of ether oxygens (including phenoxy) is 1. The van der Waals surface area contributed by atoms with Crippen LogP contribution in [0.5, 0.6) is 0 Å². The predicted molar refractivity (Wildman–Crippen MR) is 75.1 cm³/mol. The minimum absolute atomic E-state index is 0.175. The van der Waals surface area contributed by atoms with E-state index in [1.807, 2.05) is 0 Å². The standard InChI is InChI=1S/C14H15N3O3/c1-9(2)20-13(19)10-4-3-5-11(8-10)16-14-15-7-6-12(18)17-14/h3-9H,1-2H3,(H2,15,16,17,18). The minimum atomic E-state index is -0.391. The maximum absolute atomic E-state index is 11.8. The maximum atomic E-state index is 11.8. The van der Waals surface area contributed by atoms with Crippen molar-refractivity contribution in [1.29, 1.82) is 0 Å². The Balaban J connectivity index is 2.18. The number of H-pyrrole nitrogens is 1. The third-order valence-corrected chi connectivity index (χ3v) is 2.37. The number of anilines is 2. The van der Waals surface area contributed by atoms with Crippen LogP contribution in [0, 0.1) is 0 Å². The van der Waals surface area contributed by atoms with E-state index in [0.717, 1.165) is 0 Å².